The highest BCUT2D eigenvalue weighted by molar-refractivity contribution is 6.06. The lowest BCUT2D eigenvalue weighted by molar-refractivity contribution is 0.165. The highest BCUT2D eigenvalue weighted by Crippen LogP contribution is 2.30. The van der Waals surface area contributed by atoms with Crippen LogP contribution in [0.2, 0.25) is 0 Å². The van der Waals surface area contributed by atoms with Crippen LogP contribution in [0.4, 0.5) is 0 Å². The number of aliphatic hydroxyl groups is 1. The molecule has 124 valence electrons. The first-order valence-electron chi connectivity index (χ1n) is 8.97. The summed E-state index contributed by atoms with van der Waals surface area (Å²) < 4.78 is 0. The minimum absolute atomic E-state index is 0.205. The van der Waals surface area contributed by atoms with Crippen LogP contribution in [0.3, 0.4) is 0 Å². The van der Waals surface area contributed by atoms with E-state index in [0.29, 0.717) is 12.0 Å². The second kappa shape index (κ2) is 6.29. The average Bonchev–Trinajstić information content (AvgIpc) is 2.99. The zero-order chi connectivity index (χ0) is 15.8. The van der Waals surface area contributed by atoms with E-state index < -0.39 is 6.23 Å². The summed E-state index contributed by atoms with van der Waals surface area (Å²) in [5.74, 6) is 0.641. The molecular formula is C18H26N4O. The predicted molar refractivity (Wildman–Crippen MR) is 93.4 cm³/mol. The summed E-state index contributed by atoms with van der Waals surface area (Å²) in [6.45, 7) is 3.02. The van der Waals surface area contributed by atoms with E-state index in [9.17, 15) is 5.11 Å². The highest BCUT2D eigenvalue weighted by atomic mass is 16.3. The van der Waals surface area contributed by atoms with Gasteiger partial charge in [0.2, 0.25) is 0 Å². The van der Waals surface area contributed by atoms with Gasteiger partial charge in [-0.05, 0) is 45.1 Å². The van der Waals surface area contributed by atoms with Crippen molar-refractivity contribution in [2.45, 2.75) is 63.9 Å². The minimum Gasteiger partial charge on any atom is -0.372 e. The van der Waals surface area contributed by atoms with Crippen LogP contribution in [-0.4, -0.2) is 47.7 Å². The van der Waals surface area contributed by atoms with Gasteiger partial charge in [0, 0.05) is 42.1 Å². The summed E-state index contributed by atoms with van der Waals surface area (Å²) in [5, 5.41) is 13.2. The third-order valence-electron chi connectivity index (χ3n) is 5.62. The van der Waals surface area contributed by atoms with E-state index in [4.69, 9.17) is 9.98 Å². The molecule has 1 fully saturated rings. The Morgan fingerprint density at radius 2 is 2.13 bits per heavy atom. The molecule has 0 aromatic rings. The molecule has 5 unspecified atom stereocenters. The predicted octanol–water partition coefficient (Wildman–Crippen LogP) is 2.12. The zero-order valence-electron chi connectivity index (χ0n) is 13.8. The van der Waals surface area contributed by atoms with Crippen LogP contribution >= 0.6 is 0 Å². The molecular weight excluding hydrogens is 288 g/mol. The molecule has 3 heterocycles. The number of aliphatic imine (C=N–C) groups is 3. The molecule has 0 spiro atoms. The van der Waals surface area contributed by atoms with Gasteiger partial charge >= 0.3 is 0 Å². The molecule has 5 atom stereocenters. The van der Waals surface area contributed by atoms with Crippen molar-refractivity contribution in [3.8, 4) is 0 Å². The molecule has 0 radical (unpaired) electrons. The van der Waals surface area contributed by atoms with E-state index >= 15 is 0 Å². The Balaban J connectivity index is 1.45. The Hall–Kier alpha value is -1.33. The molecule has 1 aliphatic carbocycles. The summed E-state index contributed by atoms with van der Waals surface area (Å²) in [5.41, 5.74) is 3.88. The Morgan fingerprint density at radius 3 is 2.87 bits per heavy atom. The quantitative estimate of drug-likeness (QED) is 0.819. The standard InChI is InChI=1S/C18H26N4O/c1-11-8-16(12-6-7-17(23)20-9-12)19-10-13(11)18-21-14-4-2-3-5-15(14)22-18/h8-9,12-14,17-18,21,23H,2-7,10H2,1H3. The lowest BCUT2D eigenvalue weighted by Crippen LogP contribution is -2.41. The van der Waals surface area contributed by atoms with Crippen molar-refractivity contribution in [2.24, 2.45) is 26.8 Å². The van der Waals surface area contributed by atoms with Crippen molar-refractivity contribution in [3.05, 3.63) is 11.6 Å². The molecule has 2 N–H and O–H groups in total. The number of fused-ring (bicyclic) bond motifs is 1. The number of allylic oxidation sites excluding steroid dienone is 1. The highest BCUT2D eigenvalue weighted by Gasteiger charge is 2.35. The van der Waals surface area contributed by atoms with Gasteiger partial charge in [-0.2, -0.15) is 0 Å². The van der Waals surface area contributed by atoms with Crippen molar-refractivity contribution in [1.29, 1.82) is 0 Å². The van der Waals surface area contributed by atoms with Crippen molar-refractivity contribution in [2.75, 3.05) is 6.54 Å². The van der Waals surface area contributed by atoms with Crippen LogP contribution in [0, 0.1) is 11.8 Å². The van der Waals surface area contributed by atoms with E-state index in [0.717, 1.165) is 25.1 Å². The second-order valence-electron chi connectivity index (χ2n) is 7.25. The van der Waals surface area contributed by atoms with E-state index in [2.05, 4.69) is 23.3 Å². The van der Waals surface area contributed by atoms with Crippen LogP contribution in [0.1, 0.15) is 45.4 Å². The third kappa shape index (κ3) is 3.04. The number of dihydropyridines is 1. The zero-order valence-corrected chi connectivity index (χ0v) is 13.8. The number of nitrogens with one attached hydrogen (secondary N) is 1. The van der Waals surface area contributed by atoms with Gasteiger partial charge in [0.05, 0.1) is 0 Å². The van der Waals surface area contributed by atoms with Crippen LogP contribution < -0.4 is 5.32 Å². The van der Waals surface area contributed by atoms with Crippen LogP contribution in [0.5, 0.6) is 0 Å². The van der Waals surface area contributed by atoms with Gasteiger partial charge in [-0.15, -0.1) is 0 Å². The molecule has 4 aliphatic rings. The fraction of sp³-hybridized carbons (Fsp3) is 0.722. The summed E-state index contributed by atoms with van der Waals surface area (Å²) in [7, 11) is 0. The first-order chi connectivity index (χ1) is 11.2. The first-order valence-corrected chi connectivity index (χ1v) is 8.97. The van der Waals surface area contributed by atoms with E-state index in [-0.39, 0.29) is 12.1 Å². The third-order valence-corrected chi connectivity index (χ3v) is 5.62. The van der Waals surface area contributed by atoms with Gasteiger partial charge < -0.3 is 5.11 Å². The summed E-state index contributed by atoms with van der Waals surface area (Å²) >= 11 is 0. The summed E-state index contributed by atoms with van der Waals surface area (Å²) in [6, 6.07) is 0.513. The normalized spacial score (nSPS) is 40.3. The molecule has 0 saturated heterocycles. The number of aliphatic hydroxyl groups excluding tert-OH is 1. The number of rotatable bonds is 2. The fourth-order valence-corrected chi connectivity index (χ4v) is 4.17. The van der Waals surface area contributed by atoms with Gasteiger partial charge in [0.15, 0.2) is 0 Å². The lowest BCUT2D eigenvalue weighted by atomic mass is 9.88. The first kappa shape index (κ1) is 15.2. The fourth-order valence-electron chi connectivity index (χ4n) is 4.17. The average molecular weight is 314 g/mol. The molecule has 0 aromatic heterocycles. The van der Waals surface area contributed by atoms with Crippen molar-refractivity contribution in [3.63, 3.8) is 0 Å². The van der Waals surface area contributed by atoms with Gasteiger partial charge in [-0.25, -0.2) is 0 Å². The van der Waals surface area contributed by atoms with Crippen molar-refractivity contribution in [1.82, 2.24) is 5.32 Å². The topological polar surface area (TPSA) is 69.3 Å². The second-order valence-corrected chi connectivity index (χ2v) is 7.25. The Bertz CT molecular complexity index is 592. The molecule has 1 saturated carbocycles. The molecule has 4 rings (SSSR count). The number of nitrogens with zero attached hydrogens (tertiary/aromatic N) is 3. The molecule has 23 heavy (non-hydrogen) atoms. The maximum Gasteiger partial charge on any atom is 0.144 e. The molecule has 5 nitrogen and oxygen atoms in total. The molecule has 5 heteroatoms. The lowest BCUT2D eigenvalue weighted by Gasteiger charge is -2.28. The minimum atomic E-state index is -0.518. The van der Waals surface area contributed by atoms with E-state index in [1.165, 1.54) is 37.0 Å². The van der Waals surface area contributed by atoms with Crippen molar-refractivity contribution < 1.29 is 5.11 Å². The summed E-state index contributed by atoms with van der Waals surface area (Å²) in [6.07, 6.45) is 10.5. The van der Waals surface area contributed by atoms with Gasteiger partial charge in [0.25, 0.3) is 0 Å². The Kier molecular flexibility index (Phi) is 4.16. The Morgan fingerprint density at radius 1 is 1.22 bits per heavy atom. The number of hydrogen-bond acceptors (Lipinski definition) is 5. The Labute approximate surface area is 137 Å². The molecule has 3 aliphatic heterocycles. The van der Waals surface area contributed by atoms with E-state index in [1.54, 1.807) is 0 Å². The largest absolute Gasteiger partial charge is 0.372 e. The van der Waals surface area contributed by atoms with Crippen LogP contribution in [0.15, 0.2) is 26.6 Å². The smallest absolute Gasteiger partial charge is 0.144 e. The van der Waals surface area contributed by atoms with Gasteiger partial charge in [0.1, 0.15) is 12.4 Å². The SMILES string of the molecule is CC1=CC(C2C=NC(O)CC2)=NCC1C1N=C2CCCCC2N1. The molecule has 0 amide bonds. The van der Waals surface area contributed by atoms with Crippen LogP contribution in [-0.2, 0) is 0 Å². The molecule has 0 aromatic carbocycles. The summed E-state index contributed by atoms with van der Waals surface area (Å²) in [4.78, 5) is 13.9. The van der Waals surface area contributed by atoms with Gasteiger partial charge in [-0.3, -0.25) is 20.3 Å². The maximum absolute atomic E-state index is 9.49. The van der Waals surface area contributed by atoms with Crippen molar-refractivity contribution >= 4 is 17.6 Å². The maximum atomic E-state index is 9.49. The van der Waals surface area contributed by atoms with E-state index in [1.807, 2.05) is 6.21 Å². The van der Waals surface area contributed by atoms with Gasteiger partial charge in [-0.1, -0.05) is 12.0 Å². The molecule has 0 bridgehead atoms. The van der Waals surface area contributed by atoms with Crippen LogP contribution in [0.25, 0.3) is 0 Å². The monoisotopic (exact) mass is 314 g/mol. The number of hydrogen-bond donors (Lipinski definition) is 2.